The summed E-state index contributed by atoms with van der Waals surface area (Å²) in [5.74, 6) is 1.33. The Morgan fingerprint density at radius 2 is 1.94 bits per heavy atom. The molecule has 2 fully saturated rings. The van der Waals surface area contributed by atoms with Crippen LogP contribution in [-0.4, -0.2) is 36.5 Å². The molecule has 2 saturated heterocycles. The quantitative estimate of drug-likeness (QED) is 0.773. The number of nitrogens with zero attached hydrogens (tertiary/aromatic N) is 1. The van der Waals surface area contributed by atoms with Crippen LogP contribution in [0.1, 0.15) is 39.5 Å². The third-order valence-corrected chi connectivity index (χ3v) is 4.04. The van der Waals surface area contributed by atoms with Gasteiger partial charge in [-0.15, -0.1) is 0 Å². The smallest absolute Gasteiger partial charge is 0.226 e. The van der Waals surface area contributed by atoms with Crippen molar-refractivity contribution in [1.82, 2.24) is 10.2 Å². The van der Waals surface area contributed by atoms with Crippen LogP contribution in [-0.2, 0) is 4.79 Å². The lowest BCUT2D eigenvalue weighted by Crippen LogP contribution is -2.44. The SMILES string of the molecule is CC(C)C1CCCN1C(=O)C1CCNCC1. The molecule has 0 aromatic carbocycles. The fourth-order valence-electron chi connectivity index (χ4n) is 3.06. The van der Waals surface area contributed by atoms with Crippen LogP contribution < -0.4 is 5.32 Å². The lowest BCUT2D eigenvalue weighted by Gasteiger charge is -2.32. The first-order valence-electron chi connectivity index (χ1n) is 6.71. The Kier molecular flexibility index (Phi) is 3.85. The molecule has 2 aliphatic rings. The minimum Gasteiger partial charge on any atom is -0.339 e. The van der Waals surface area contributed by atoms with Gasteiger partial charge in [0.05, 0.1) is 0 Å². The first kappa shape index (κ1) is 11.9. The average molecular weight is 224 g/mol. The minimum absolute atomic E-state index is 0.292. The standard InChI is InChI=1S/C13H24N2O/c1-10(2)12-4-3-9-15(12)13(16)11-5-7-14-8-6-11/h10-12,14H,3-9H2,1-2H3. The van der Waals surface area contributed by atoms with Gasteiger partial charge in [0, 0.05) is 18.5 Å². The molecule has 92 valence electrons. The molecule has 0 saturated carbocycles. The second-order valence-electron chi connectivity index (χ2n) is 5.51. The molecule has 1 atom stereocenters. The molecule has 1 amide bonds. The predicted molar refractivity (Wildman–Crippen MR) is 65.2 cm³/mol. The number of amides is 1. The normalized spacial score (nSPS) is 27.7. The molecule has 3 heteroatoms. The summed E-state index contributed by atoms with van der Waals surface area (Å²) in [6, 6.07) is 0.502. The molecule has 0 aliphatic carbocycles. The lowest BCUT2D eigenvalue weighted by atomic mass is 9.94. The maximum atomic E-state index is 12.4. The van der Waals surface area contributed by atoms with E-state index in [1.165, 1.54) is 12.8 Å². The van der Waals surface area contributed by atoms with Crippen LogP contribution in [0.3, 0.4) is 0 Å². The van der Waals surface area contributed by atoms with Crippen molar-refractivity contribution in [1.29, 1.82) is 0 Å². The monoisotopic (exact) mass is 224 g/mol. The van der Waals surface area contributed by atoms with Crippen molar-refractivity contribution >= 4 is 5.91 Å². The van der Waals surface area contributed by atoms with Crippen molar-refractivity contribution in [2.45, 2.75) is 45.6 Å². The van der Waals surface area contributed by atoms with E-state index in [-0.39, 0.29) is 0 Å². The van der Waals surface area contributed by atoms with Gasteiger partial charge in [-0.1, -0.05) is 13.8 Å². The summed E-state index contributed by atoms with van der Waals surface area (Å²) in [4.78, 5) is 14.6. The van der Waals surface area contributed by atoms with Gasteiger partial charge in [0.1, 0.15) is 0 Å². The molecule has 2 aliphatic heterocycles. The maximum Gasteiger partial charge on any atom is 0.226 e. The van der Waals surface area contributed by atoms with Gasteiger partial charge in [-0.25, -0.2) is 0 Å². The molecule has 0 aromatic rings. The van der Waals surface area contributed by atoms with Gasteiger partial charge in [-0.3, -0.25) is 4.79 Å². The van der Waals surface area contributed by atoms with Crippen molar-refractivity contribution in [3.05, 3.63) is 0 Å². The summed E-state index contributed by atoms with van der Waals surface area (Å²) in [5.41, 5.74) is 0. The highest BCUT2D eigenvalue weighted by Crippen LogP contribution is 2.27. The van der Waals surface area contributed by atoms with E-state index in [0.29, 0.717) is 23.8 Å². The Morgan fingerprint density at radius 3 is 2.56 bits per heavy atom. The zero-order valence-electron chi connectivity index (χ0n) is 10.5. The third-order valence-electron chi connectivity index (χ3n) is 4.04. The van der Waals surface area contributed by atoms with E-state index in [4.69, 9.17) is 0 Å². The summed E-state index contributed by atoms with van der Waals surface area (Å²) in [7, 11) is 0. The zero-order chi connectivity index (χ0) is 11.5. The Labute approximate surface area is 98.6 Å². The highest BCUT2D eigenvalue weighted by molar-refractivity contribution is 5.79. The average Bonchev–Trinajstić information content (AvgIpc) is 2.78. The van der Waals surface area contributed by atoms with Gasteiger partial charge in [0.15, 0.2) is 0 Å². The van der Waals surface area contributed by atoms with Crippen LogP contribution in [0, 0.1) is 11.8 Å². The fourth-order valence-corrected chi connectivity index (χ4v) is 3.06. The van der Waals surface area contributed by atoms with E-state index >= 15 is 0 Å². The van der Waals surface area contributed by atoms with Gasteiger partial charge >= 0.3 is 0 Å². The summed E-state index contributed by atoms with van der Waals surface area (Å²) < 4.78 is 0. The summed E-state index contributed by atoms with van der Waals surface area (Å²) in [5, 5.41) is 3.32. The first-order valence-corrected chi connectivity index (χ1v) is 6.71. The lowest BCUT2D eigenvalue weighted by molar-refractivity contribution is -0.138. The topological polar surface area (TPSA) is 32.3 Å². The number of hydrogen-bond donors (Lipinski definition) is 1. The van der Waals surface area contributed by atoms with Crippen LogP contribution in [0.5, 0.6) is 0 Å². The molecule has 1 N–H and O–H groups in total. The number of carbonyl (C=O) groups excluding carboxylic acids is 1. The molecule has 0 spiro atoms. The molecule has 2 heterocycles. The Hall–Kier alpha value is -0.570. The highest BCUT2D eigenvalue weighted by atomic mass is 16.2. The number of carbonyl (C=O) groups is 1. The van der Waals surface area contributed by atoms with Crippen LogP contribution in [0.2, 0.25) is 0 Å². The Morgan fingerprint density at radius 1 is 1.25 bits per heavy atom. The third kappa shape index (κ3) is 2.40. The van der Waals surface area contributed by atoms with E-state index in [2.05, 4.69) is 24.1 Å². The minimum atomic E-state index is 0.292. The van der Waals surface area contributed by atoms with E-state index in [1.807, 2.05) is 0 Å². The molecular formula is C13H24N2O. The summed E-state index contributed by atoms with van der Waals surface area (Å²) >= 11 is 0. The Balaban J connectivity index is 1.97. The van der Waals surface area contributed by atoms with Crippen molar-refractivity contribution in [3.63, 3.8) is 0 Å². The molecular weight excluding hydrogens is 200 g/mol. The molecule has 0 bridgehead atoms. The largest absolute Gasteiger partial charge is 0.339 e. The number of likely N-dealkylation sites (tertiary alicyclic amines) is 1. The zero-order valence-corrected chi connectivity index (χ0v) is 10.5. The highest BCUT2D eigenvalue weighted by Gasteiger charge is 2.34. The molecule has 0 aromatic heterocycles. The van der Waals surface area contributed by atoms with Crippen LogP contribution in [0.25, 0.3) is 0 Å². The van der Waals surface area contributed by atoms with E-state index in [9.17, 15) is 4.79 Å². The molecule has 1 unspecified atom stereocenters. The second kappa shape index (κ2) is 5.17. The van der Waals surface area contributed by atoms with Crippen molar-refractivity contribution in [2.24, 2.45) is 11.8 Å². The maximum absolute atomic E-state index is 12.4. The van der Waals surface area contributed by atoms with E-state index in [1.54, 1.807) is 0 Å². The van der Waals surface area contributed by atoms with Crippen LogP contribution in [0.15, 0.2) is 0 Å². The van der Waals surface area contributed by atoms with Gasteiger partial charge < -0.3 is 10.2 Å². The summed E-state index contributed by atoms with van der Waals surface area (Å²) in [6.07, 6.45) is 4.45. The van der Waals surface area contributed by atoms with Crippen molar-refractivity contribution < 1.29 is 4.79 Å². The van der Waals surface area contributed by atoms with Crippen LogP contribution in [0.4, 0.5) is 0 Å². The van der Waals surface area contributed by atoms with Gasteiger partial charge in [-0.2, -0.15) is 0 Å². The Bertz CT molecular complexity index is 246. The first-order chi connectivity index (χ1) is 7.70. The van der Waals surface area contributed by atoms with Crippen molar-refractivity contribution in [2.75, 3.05) is 19.6 Å². The van der Waals surface area contributed by atoms with Gasteiger partial charge in [-0.05, 0) is 44.7 Å². The fraction of sp³-hybridized carbons (Fsp3) is 0.923. The number of rotatable bonds is 2. The van der Waals surface area contributed by atoms with Gasteiger partial charge in [0.2, 0.25) is 5.91 Å². The molecule has 3 nitrogen and oxygen atoms in total. The summed E-state index contributed by atoms with van der Waals surface area (Å²) in [6.45, 7) is 7.48. The predicted octanol–water partition coefficient (Wildman–Crippen LogP) is 1.63. The van der Waals surface area contributed by atoms with E-state index < -0.39 is 0 Å². The number of nitrogens with one attached hydrogen (secondary N) is 1. The molecule has 2 rings (SSSR count). The molecule has 0 radical (unpaired) electrons. The van der Waals surface area contributed by atoms with Gasteiger partial charge in [0.25, 0.3) is 0 Å². The molecule has 16 heavy (non-hydrogen) atoms. The number of piperidine rings is 1. The van der Waals surface area contributed by atoms with E-state index in [0.717, 1.165) is 32.5 Å². The van der Waals surface area contributed by atoms with Crippen molar-refractivity contribution in [3.8, 4) is 0 Å². The van der Waals surface area contributed by atoms with Crippen LogP contribution >= 0.6 is 0 Å². The number of hydrogen-bond acceptors (Lipinski definition) is 2. The second-order valence-corrected chi connectivity index (χ2v) is 5.51.